The maximum absolute atomic E-state index is 12.2. The van der Waals surface area contributed by atoms with E-state index >= 15 is 0 Å². The summed E-state index contributed by atoms with van der Waals surface area (Å²) in [5.74, 6) is 0.904. The summed E-state index contributed by atoms with van der Waals surface area (Å²) in [7, 11) is 1.78. The van der Waals surface area contributed by atoms with Gasteiger partial charge in [-0.1, -0.05) is 39.0 Å². The van der Waals surface area contributed by atoms with Gasteiger partial charge in [0.1, 0.15) is 0 Å². The van der Waals surface area contributed by atoms with Gasteiger partial charge in [-0.05, 0) is 36.8 Å². The molecule has 0 unspecified atom stereocenters. The van der Waals surface area contributed by atoms with Crippen molar-refractivity contribution in [3.05, 3.63) is 48.0 Å². The standard InChI is InChI=1S/C24H31NO5/c1-6-22(26)30-23-20(28-7-2)12-9-13-21(23)29-15-14-18-10-8-11-19(16-18)25(5)24(27)17(3)4/h8-13,16-17H,6-7,14-15H2,1-5H3. The molecule has 2 rings (SSSR count). The molecule has 6 nitrogen and oxygen atoms in total. The van der Waals surface area contributed by atoms with Crippen molar-refractivity contribution in [2.75, 3.05) is 25.2 Å². The summed E-state index contributed by atoms with van der Waals surface area (Å²) in [6.45, 7) is 8.21. The predicted octanol–water partition coefficient (Wildman–Crippen LogP) is 4.64. The minimum Gasteiger partial charge on any atom is -0.490 e. The van der Waals surface area contributed by atoms with Gasteiger partial charge in [0, 0.05) is 31.5 Å². The van der Waals surface area contributed by atoms with Crippen LogP contribution in [0, 0.1) is 5.92 Å². The van der Waals surface area contributed by atoms with Crippen LogP contribution < -0.4 is 19.1 Å². The van der Waals surface area contributed by atoms with E-state index in [1.165, 1.54) is 0 Å². The number of carbonyl (C=O) groups excluding carboxylic acids is 2. The van der Waals surface area contributed by atoms with Crippen molar-refractivity contribution in [2.24, 2.45) is 5.92 Å². The molecule has 6 heteroatoms. The zero-order valence-corrected chi connectivity index (χ0v) is 18.4. The van der Waals surface area contributed by atoms with Crippen LogP contribution in [0.3, 0.4) is 0 Å². The first kappa shape index (κ1) is 23.3. The smallest absolute Gasteiger partial charge is 0.311 e. The molecule has 162 valence electrons. The number of ether oxygens (including phenoxy) is 3. The van der Waals surface area contributed by atoms with Crippen LogP contribution in [0.5, 0.6) is 17.2 Å². The Kier molecular flexibility index (Phi) is 8.71. The molecule has 0 aliphatic heterocycles. The Morgan fingerprint density at radius 1 is 1.00 bits per heavy atom. The highest BCUT2D eigenvalue weighted by Gasteiger charge is 2.17. The van der Waals surface area contributed by atoms with E-state index in [9.17, 15) is 9.59 Å². The quantitative estimate of drug-likeness (QED) is 0.419. The number of nitrogens with zero attached hydrogens (tertiary/aromatic N) is 1. The summed E-state index contributed by atoms with van der Waals surface area (Å²) in [5.41, 5.74) is 1.89. The molecule has 2 aromatic rings. The Morgan fingerprint density at radius 2 is 1.67 bits per heavy atom. The molecule has 30 heavy (non-hydrogen) atoms. The summed E-state index contributed by atoms with van der Waals surface area (Å²) in [6, 6.07) is 13.1. The Hall–Kier alpha value is -3.02. The van der Waals surface area contributed by atoms with Crippen LogP contribution in [0.4, 0.5) is 5.69 Å². The highest BCUT2D eigenvalue weighted by molar-refractivity contribution is 5.94. The van der Waals surface area contributed by atoms with Crippen molar-refractivity contribution < 1.29 is 23.8 Å². The van der Waals surface area contributed by atoms with Crippen LogP contribution >= 0.6 is 0 Å². The molecular formula is C24H31NO5. The molecule has 2 aromatic carbocycles. The lowest BCUT2D eigenvalue weighted by molar-refractivity contribution is -0.134. The summed E-state index contributed by atoms with van der Waals surface area (Å²) in [5, 5.41) is 0. The van der Waals surface area contributed by atoms with Crippen molar-refractivity contribution >= 4 is 17.6 Å². The van der Waals surface area contributed by atoms with Crippen molar-refractivity contribution in [1.29, 1.82) is 0 Å². The van der Waals surface area contributed by atoms with Crippen LogP contribution in [0.2, 0.25) is 0 Å². The van der Waals surface area contributed by atoms with Crippen LogP contribution in [0.1, 0.15) is 39.7 Å². The van der Waals surface area contributed by atoms with Gasteiger partial charge >= 0.3 is 5.97 Å². The third-order valence-electron chi connectivity index (χ3n) is 4.52. The molecule has 0 aromatic heterocycles. The molecule has 0 saturated carbocycles. The number of esters is 1. The van der Waals surface area contributed by atoms with Gasteiger partial charge in [0.15, 0.2) is 11.5 Å². The number of anilines is 1. The zero-order chi connectivity index (χ0) is 22.1. The largest absolute Gasteiger partial charge is 0.490 e. The molecule has 0 saturated heterocycles. The molecule has 1 amide bonds. The van der Waals surface area contributed by atoms with Gasteiger partial charge < -0.3 is 19.1 Å². The SMILES string of the molecule is CCOc1cccc(OCCc2cccc(N(C)C(=O)C(C)C)c2)c1OC(=O)CC. The van der Waals surface area contributed by atoms with Gasteiger partial charge in [0.25, 0.3) is 0 Å². The topological polar surface area (TPSA) is 65.1 Å². The first-order valence-corrected chi connectivity index (χ1v) is 10.3. The van der Waals surface area contributed by atoms with E-state index in [-0.39, 0.29) is 24.2 Å². The third-order valence-corrected chi connectivity index (χ3v) is 4.52. The normalized spacial score (nSPS) is 10.6. The highest BCUT2D eigenvalue weighted by Crippen LogP contribution is 2.37. The maximum atomic E-state index is 12.2. The van der Waals surface area contributed by atoms with Crippen molar-refractivity contribution in [2.45, 2.75) is 40.5 Å². The summed E-state index contributed by atoms with van der Waals surface area (Å²) >= 11 is 0. The second kappa shape index (κ2) is 11.2. The fourth-order valence-electron chi connectivity index (χ4n) is 2.88. The molecule has 0 radical (unpaired) electrons. The Bertz CT molecular complexity index is 862. The average molecular weight is 414 g/mol. The van der Waals surface area contributed by atoms with Crippen molar-refractivity contribution in [3.63, 3.8) is 0 Å². The van der Waals surface area contributed by atoms with Crippen molar-refractivity contribution in [3.8, 4) is 17.2 Å². The minimum absolute atomic E-state index is 0.0659. The monoisotopic (exact) mass is 413 g/mol. The number of carbonyl (C=O) groups is 2. The third kappa shape index (κ3) is 6.24. The summed E-state index contributed by atoms with van der Waals surface area (Å²) < 4.78 is 16.9. The van der Waals surface area contributed by atoms with E-state index < -0.39 is 0 Å². The number of rotatable bonds is 10. The fraction of sp³-hybridized carbons (Fsp3) is 0.417. The number of para-hydroxylation sites is 1. The number of benzene rings is 2. The molecule has 0 atom stereocenters. The van der Waals surface area contributed by atoms with E-state index in [0.29, 0.717) is 36.9 Å². The van der Waals surface area contributed by atoms with Crippen LogP contribution in [-0.4, -0.2) is 32.1 Å². The zero-order valence-electron chi connectivity index (χ0n) is 18.4. The first-order chi connectivity index (χ1) is 14.4. The Morgan fingerprint density at radius 3 is 2.30 bits per heavy atom. The fourth-order valence-corrected chi connectivity index (χ4v) is 2.88. The maximum Gasteiger partial charge on any atom is 0.311 e. The molecular weight excluding hydrogens is 382 g/mol. The Balaban J connectivity index is 2.10. The van der Waals surface area contributed by atoms with Gasteiger partial charge in [-0.15, -0.1) is 0 Å². The molecule has 0 bridgehead atoms. The number of hydrogen-bond donors (Lipinski definition) is 0. The Labute approximate surface area is 178 Å². The van der Waals surface area contributed by atoms with Gasteiger partial charge in [0.2, 0.25) is 11.7 Å². The van der Waals surface area contributed by atoms with Crippen LogP contribution in [0.15, 0.2) is 42.5 Å². The summed E-state index contributed by atoms with van der Waals surface area (Å²) in [4.78, 5) is 25.7. The van der Waals surface area contributed by atoms with Gasteiger partial charge in [0.05, 0.1) is 13.2 Å². The van der Waals surface area contributed by atoms with Crippen LogP contribution in [-0.2, 0) is 16.0 Å². The van der Waals surface area contributed by atoms with Gasteiger partial charge in [-0.25, -0.2) is 0 Å². The summed E-state index contributed by atoms with van der Waals surface area (Å²) in [6.07, 6.45) is 0.896. The average Bonchev–Trinajstić information content (AvgIpc) is 2.74. The molecule has 0 heterocycles. The lowest BCUT2D eigenvalue weighted by atomic mass is 10.1. The second-order valence-electron chi connectivity index (χ2n) is 7.16. The highest BCUT2D eigenvalue weighted by atomic mass is 16.6. The molecule has 0 aliphatic carbocycles. The van der Waals surface area contributed by atoms with E-state index in [2.05, 4.69) is 0 Å². The van der Waals surface area contributed by atoms with Crippen molar-refractivity contribution in [1.82, 2.24) is 0 Å². The van der Waals surface area contributed by atoms with Crippen LogP contribution in [0.25, 0.3) is 0 Å². The number of amides is 1. The lowest BCUT2D eigenvalue weighted by Crippen LogP contribution is -2.30. The predicted molar refractivity (Wildman–Crippen MR) is 117 cm³/mol. The van der Waals surface area contributed by atoms with E-state index in [1.807, 2.05) is 45.0 Å². The number of hydrogen-bond acceptors (Lipinski definition) is 5. The minimum atomic E-state index is -0.349. The lowest BCUT2D eigenvalue weighted by Gasteiger charge is -2.20. The molecule has 0 fully saturated rings. The van der Waals surface area contributed by atoms with E-state index in [0.717, 1.165) is 11.3 Å². The molecule has 0 aliphatic rings. The van der Waals surface area contributed by atoms with Gasteiger partial charge in [-0.2, -0.15) is 0 Å². The van der Waals surface area contributed by atoms with E-state index in [4.69, 9.17) is 14.2 Å². The van der Waals surface area contributed by atoms with E-state index in [1.54, 1.807) is 37.1 Å². The van der Waals surface area contributed by atoms with Gasteiger partial charge in [-0.3, -0.25) is 9.59 Å². The molecule has 0 N–H and O–H groups in total. The second-order valence-corrected chi connectivity index (χ2v) is 7.16. The molecule has 0 spiro atoms. The first-order valence-electron chi connectivity index (χ1n) is 10.3.